The molecule has 0 fully saturated rings. The maximum absolute atomic E-state index is 11.9. The van der Waals surface area contributed by atoms with Crippen LogP contribution in [0.1, 0.15) is 20.8 Å². The van der Waals surface area contributed by atoms with Crippen LogP contribution in [0, 0.1) is 5.41 Å². The SMILES string of the molecule is CC(C)(C)[C@@H](N)C(=O)Nc1ccc(NC(N)=O)cc1. The first kappa shape index (κ1) is 15.0. The van der Waals surface area contributed by atoms with Gasteiger partial charge in [-0.3, -0.25) is 4.79 Å². The van der Waals surface area contributed by atoms with Gasteiger partial charge in [0.05, 0.1) is 6.04 Å². The Bertz CT molecular complexity index is 463. The summed E-state index contributed by atoms with van der Waals surface area (Å²) in [6, 6.07) is 5.38. The number of anilines is 2. The monoisotopic (exact) mass is 264 g/mol. The molecule has 0 aliphatic heterocycles. The molecule has 1 aromatic rings. The molecule has 1 atom stereocenters. The number of nitrogens with two attached hydrogens (primary N) is 2. The topological polar surface area (TPSA) is 110 Å². The van der Waals surface area contributed by atoms with Gasteiger partial charge in [-0.15, -0.1) is 0 Å². The van der Waals surface area contributed by atoms with Crippen LogP contribution in [-0.4, -0.2) is 18.0 Å². The summed E-state index contributed by atoms with van der Waals surface area (Å²) in [4.78, 5) is 22.6. The average Bonchev–Trinajstić information content (AvgIpc) is 2.28. The Morgan fingerprint density at radius 2 is 1.47 bits per heavy atom. The van der Waals surface area contributed by atoms with E-state index in [1.807, 2.05) is 20.8 Å². The summed E-state index contributed by atoms with van der Waals surface area (Å²) >= 11 is 0. The molecule has 0 saturated heterocycles. The van der Waals surface area contributed by atoms with E-state index in [1.165, 1.54) is 0 Å². The molecule has 1 rings (SSSR count). The first-order chi connectivity index (χ1) is 8.70. The van der Waals surface area contributed by atoms with Crippen LogP contribution in [0.4, 0.5) is 16.2 Å². The zero-order valence-corrected chi connectivity index (χ0v) is 11.4. The molecule has 6 nitrogen and oxygen atoms in total. The van der Waals surface area contributed by atoms with E-state index in [0.29, 0.717) is 11.4 Å². The molecule has 6 heteroatoms. The maximum atomic E-state index is 11.9. The lowest BCUT2D eigenvalue weighted by molar-refractivity contribution is -0.119. The number of rotatable bonds is 3. The smallest absolute Gasteiger partial charge is 0.316 e. The molecule has 104 valence electrons. The van der Waals surface area contributed by atoms with E-state index in [4.69, 9.17) is 11.5 Å². The number of primary amides is 1. The van der Waals surface area contributed by atoms with Crippen molar-refractivity contribution in [1.29, 1.82) is 0 Å². The van der Waals surface area contributed by atoms with E-state index >= 15 is 0 Å². The van der Waals surface area contributed by atoms with Crippen molar-refractivity contribution in [3.63, 3.8) is 0 Å². The van der Waals surface area contributed by atoms with Gasteiger partial charge >= 0.3 is 6.03 Å². The maximum Gasteiger partial charge on any atom is 0.316 e. The van der Waals surface area contributed by atoms with Crippen LogP contribution in [0.3, 0.4) is 0 Å². The number of benzene rings is 1. The summed E-state index contributed by atoms with van der Waals surface area (Å²) < 4.78 is 0. The third kappa shape index (κ3) is 4.59. The highest BCUT2D eigenvalue weighted by atomic mass is 16.2. The minimum absolute atomic E-state index is 0.247. The third-order valence-electron chi connectivity index (χ3n) is 2.64. The lowest BCUT2D eigenvalue weighted by Gasteiger charge is -2.25. The standard InChI is InChI=1S/C13H20N4O2/c1-13(2,3)10(14)11(18)16-8-4-6-9(7-5-8)17-12(15)19/h4-7,10H,14H2,1-3H3,(H,16,18)(H3,15,17,19)/t10-/m0/s1. The lowest BCUT2D eigenvalue weighted by Crippen LogP contribution is -2.45. The van der Waals surface area contributed by atoms with Gasteiger partial charge in [0.1, 0.15) is 0 Å². The van der Waals surface area contributed by atoms with Crippen molar-refractivity contribution >= 4 is 23.3 Å². The van der Waals surface area contributed by atoms with Gasteiger partial charge in [0.25, 0.3) is 0 Å². The highest BCUT2D eigenvalue weighted by Crippen LogP contribution is 2.19. The van der Waals surface area contributed by atoms with E-state index in [-0.39, 0.29) is 11.3 Å². The number of carbonyl (C=O) groups excluding carboxylic acids is 2. The molecule has 0 heterocycles. The van der Waals surface area contributed by atoms with Gasteiger partial charge < -0.3 is 22.1 Å². The predicted molar refractivity (Wildman–Crippen MR) is 75.7 cm³/mol. The fraction of sp³-hybridized carbons (Fsp3) is 0.385. The lowest BCUT2D eigenvalue weighted by atomic mass is 9.87. The average molecular weight is 264 g/mol. The van der Waals surface area contributed by atoms with Crippen LogP contribution in [0.2, 0.25) is 0 Å². The van der Waals surface area contributed by atoms with Crippen LogP contribution in [0.15, 0.2) is 24.3 Å². The van der Waals surface area contributed by atoms with Gasteiger partial charge in [-0.1, -0.05) is 20.8 Å². The predicted octanol–water partition coefficient (Wildman–Crippen LogP) is 1.49. The minimum atomic E-state index is -0.633. The molecule has 1 aromatic carbocycles. The second-order valence-corrected chi connectivity index (χ2v) is 5.40. The van der Waals surface area contributed by atoms with Crippen molar-refractivity contribution in [3.8, 4) is 0 Å². The number of hydrogen-bond donors (Lipinski definition) is 4. The highest BCUT2D eigenvalue weighted by Gasteiger charge is 2.27. The molecule has 0 aromatic heterocycles. The van der Waals surface area contributed by atoms with Crippen LogP contribution < -0.4 is 22.1 Å². The van der Waals surface area contributed by atoms with Crippen molar-refractivity contribution < 1.29 is 9.59 Å². The Labute approximate surface area is 112 Å². The normalized spacial score (nSPS) is 12.6. The van der Waals surface area contributed by atoms with Gasteiger partial charge in [0.15, 0.2) is 0 Å². The van der Waals surface area contributed by atoms with Crippen molar-refractivity contribution in [2.75, 3.05) is 10.6 Å². The third-order valence-corrected chi connectivity index (χ3v) is 2.64. The number of nitrogens with one attached hydrogen (secondary N) is 2. The molecule has 6 N–H and O–H groups in total. The molecule has 19 heavy (non-hydrogen) atoms. The Kier molecular flexibility index (Phi) is 4.50. The first-order valence-corrected chi connectivity index (χ1v) is 5.93. The molecule has 0 unspecified atom stereocenters. The highest BCUT2D eigenvalue weighted by molar-refractivity contribution is 5.95. The van der Waals surface area contributed by atoms with Crippen LogP contribution >= 0.6 is 0 Å². The summed E-state index contributed by atoms with van der Waals surface area (Å²) in [5.41, 5.74) is 11.7. The molecule has 0 spiro atoms. The molecule has 0 radical (unpaired) electrons. The molecular formula is C13H20N4O2. The van der Waals surface area contributed by atoms with Crippen molar-refractivity contribution in [1.82, 2.24) is 0 Å². The number of urea groups is 1. The van der Waals surface area contributed by atoms with E-state index in [0.717, 1.165) is 0 Å². The Balaban J connectivity index is 2.68. The first-order valence-electron chi connectivity index (χ1n) is 5.93. The quantitative estimate of drug-likeness (QED) is 0.663. The molecule has 0 aliphatic carbocycles. The van der Waals surface area contributed by atoms with Gasteiger partial charge in [-0.05, 0) is 29.7 Å². The van der Waals surface area contributed by atoms with Gasteiger partial charge in [0, 0.05) is 11.4 Å². The number of hydrogen-bond acceptors (Lipinski definition) is 3. The van der Waals surface area contributed by atoms with Crippen molar-refractivity contribution in [2.24, 2.45) is 16.9 Å². The minimum Gasteiger partial charge on any atom is -0.351 e. The van der Waals surface area contributed by atoms with Crippen LogP contribution in [0.5, 0.6) is 0 Å². The molecular weight excluding hydrogens is 244 g/mol. The summed E-state index contributed by atoms with van der Waals surface area (Å²) in [6.07, 6.45) is 0. The molecule has 0 bridgehead atoms. The van der Waals surface area contributed by atoms with Crippen LogP contribution in [0.25, 0.3) is 0 Å². The van der Waals surface area contributed by atoms with E-state index in [1.54, 1.807) is 24.3 Å². The summed E-state index contributed by atoms with van der Waals surface area (Å²) in [7, 11) is 0. The fourth-order valence-electron chi connectivity index (χ4n) is 1.39. The number of carbonyl (C=O) groups is 2. The van der Waals surface area contributed by atoms with Crippen molar-refractivity contribution in [3.05, 3.63) is 24.3 Å². The molecule has 0 aliphatic rings. The number of amides is 3. The summed E-state index contributed by atoms with van der Waals surface area (Å²) in [5.74, 6) is -0.247. The van der Waals surface area contributed by atoms with E-state index in [2.05, 4.69) is 10.6 Å². The molecule has 0 saturated carbocycles. The molecule has 3 amide bonds. The van der Waals surface area contributed by atoms with Gasteiger partial charge in [0.2, 0.25) is 5.91 Å². The van der Waals surface area contributed by atoms with Crippen molar-refractivity contribution in [2.45, 2.75) is 26.8 Å². The Morgan fingerprint density at radius 1 is 1.05 bits per heavy atom. The second-order valence-electron chi connectivity index (χ2n) is 5.40. The zero-order chi connectivity index (χ0) is 14.6. The fourth-order valence-corrected chi connectivity index (χ4v) is 1.39. The van der Waals surface area contributed by atoms with Crippen LogP contribution in [-0.2, 0) is 4.79 Å². The summed E-state index contributed by atoms with van der Waals surface area (Å²) in [5, 5.41) is 5.15. The Hall–Kier alpha value is -2.08. The van der Waals surface area contributed by atoms with Gasteiger partial charge in [-0.2, -0.15) is 0 Å². The van der Waals surface area contributed by atoms with Gasteiger partial charge in [-0.25, -0.2) is 4.79 Å². The zero-order valence-electron chi connectivity index (χ0n) is 11.4. The van der Waals surface area contributed by atoms with E-state index in [9.17, 15) is 9.59 Å². The van der Waals surface area contributed by atoms with E-state index < -0.39 is 12.1 Å². The Morgan fingerprint density at radius 3 is 1.84 bits per heavy atom. The second kappa shape index (κ2) is 5.71. The largest absolute Gasteiger partial charge is 0.351 e. The summed E-state index contributed by atoms with van der Waals surface area (Å²) in [6.45, 7) is 5.70.